The van der Waals surface area contributed by atoms with Crippen LogP contribution in [0, 0.1) is 5.89 Å². The first-order valence-electron chi connectivity index (χ1n) is 11.4. The summed E-state index contributed by atoms with van der Waals surface area (Å²) >= 11 is 0. The molecule has 2 unspecified atom stereocenters. The SMILES string of the molecule is [2H]/C(=C(/[2H])C1([2H])C=C(OC([2H])([2H])[2H])CC([2H])(OC([2H])([2H])[2H])C1([2H])[2H])c1ccc(O)cc1. The average Bonchev–Trinajstić information content (AvgIpc) is 2.56. The predicted molar refractivity (Wildman–Crippen MR) is 75.8 cm³/mol. The average molecular weight is 272 g/mol. The lowest BCUT2D eigenvalue weighted by Gasteiger charge is -2.25. The van der Waals surface area contributed by atoms with Gasteiger partial charge in [-0.3, -0.25) is 0 Å². The van der Waals surface area contributed by atoms with Crippen LogP contribution >= 0.6 is 0 Å². The minimum atomic E-state index is -3.29. The van der Waals surface area contributed by atoms with Gasteiger partial charge in [0.2, 0.25) is 0 Å². The molecule has 0 aromatic heterocycles. The zero-order valence-electron chi connectivity index (χ0n) is 21.9. The van der Waals surface area contributed by atoms with Gasteiger partial charge in [-0.25, -0.2) is 0 Å². The van der Waals surface area contributed by atoms with E-state index < -0.39 is 56.7 Å². The number of phenols is 1. The Kier molecular flexibility index (Phi) is 1.69. The van der Waals surface area contributed by atoms with Crippen molar-refractivity contribution >= 4 is 6.05 Å². The van der Waals surface area contributed by atoms with Gasteiger partial charge in [0.15, 0.2) is 0 Å². The minimum Gasteiger partial charge on any atom is -0.508 e. The highest BCUT2D eigenvalue weighted by atomic mass is 16.5. The Balaban J connectivity index is 2.73. The third-order valence-corrected chi connectivity index (χ3v) is 2.38. The Labute approximate surface area is 131 Å². The molecule has 1 aromatic carbocycles. The molecule has 3 heteroatoms. The number of aromatic hydroxyl groups is 1. The quantitative estimate of drug-likeness (QED) is 0.913. The van der Waals surface area contributed by atoms with Gasteiger partial charge in [-0.2, -0.15) is 0 Å². The molecule has 1 N–H and O–H groups in total. The van der Waals surface area contributed by atoms with E-state index in [4.69, 9.17) is 21.2 Å². The van der Waals surface area contributed by atoms with Crippen LogP contribution < -0.4 is 0 Å². The van der Waals surface area contributed by atoms with E-state index in [1.165, 1.54) is 24.3 Å². The van der Waals surface area contributed by atoms with E-state index in [1.807, 2.05) is 0 Å². The highest BCUT2D eigenvalue weighted by Gasteiger charge is 2.21. The molecule has 2 rings (SSSR count). The van der Waals surface area contributed by atoms with Crippen molar-refractivity contribution < 1.29 is 31.0 Å². The monoisotopic (exact) mass is 272 g/mol. The largest absolute Gasteiger partial charge is 0.508 e. The summed E-state index contributed by atoms with van der Waals surface area (Å²) in [5, 5.41) is 9.38. The molecule has 0 amide bonds. The van der Waals surface area contributed by atoms with Crippen LogP contribution in [0.4, 0.5) is 0 Å². The van der Waals surface area contributed by atoms with Crippen LogP contribution in [0.3, 0.4) is 0 Å². The van der Waals surface area contributed by atoms with E-state index >= 15 is 0 Å². The molecule has 0 spiro atoms. The summed E-state index contributed by atoms with van der Waals surface area (Å²) in [4.78, 5) is 0. The standard InChI is InChI=1S/C16H20O3/c1-18-15-9-13(10-16(11-15)19-2)4-3-12-5-7-14(17)8-6-12/h3-9,13,16-17H,10-11H2,1-2H3/b4-3+/i1D3,2D3,3D,4D,10D2,13D,16D. The second-order valence-corrected chi connectivity index (χ2v) is 3.75. The Morgan fingerprint density at radius 1 is 1.47 bits per heavy atom. The van der Waals surface area contributed by atoms with Gasteiger partial charge in [0.25, 0.3) is 0 Å². The van der Waals surface area contributed by atoms with E-state index in [0.29, 0.717) is 6.08 Å². The molecule has 0 saturated heterocycles. The molecule has 2 atom stereocenters. The molecular weight excluding hydrogens is 240 g/mol. The first-order valence-corrected chi connectivity index (χ1v) is 5.40. The zero-order chi connectivity index (χ0) is 24.0. The van der Waals surface area contributed by atoms with Gasteiger partial charge in [0, 0.05) is 23.5 Å². The smallest absolute Gasteiger partial charge is 0.115 e. The Hall–Kier alpha value is -1.74. The first kappa shape index (κ1) is 4.98. The molecule has 1 aromatic rings. The van der Waals surface area contributed by atoms with Crippen LogP contribution in [0.5, 0.6) is 5.75 Å². The third kappa shape index (κ3) is 3.86. The topological polar surface area (TPSA) is 38.7 Å². The number of hydrogen-bond donors (Lipinski definition) is 1. The van der Waals surface area contributed by atoms with Crippen molar-refractivity contribution in [1.82, 2.24) is 0 Å². The number of phenolic OH excluding ortho intramolecular Hbond substituents is 1. The van der Waals surface area contributed by atoms with Gasteiger partial charge >= 0.3 is 0 Å². The highest BCUT2D eigenvalue weighted by Crippen LogP contribution is 2.27. The fourth-order valence-corrected chi connectivity index (χ4v) is 1.48. The van der Waals surface area contributed by atoms with Crippen LogP contribution in [-0.2, 0) is 9.47 Å². The summed E-state index contributed by atoms with van der Waals surface area (Å²) in [7, 11) is -6.35. The van der Waals surface area contributed by atoms with Crippen LogP contribution in [-0.4, -0.2) is 25.3 Å². The number of ether oxygens (including phenoxy) is 2. The molecule has 1 aliphatic rings. The van der Waals surface area contributed by atoms with Gasteiger partial charge in [0.05, 0.1) is 31.2 Å². The molecular formula is C16H20O3. The molecule has 0 saturated carbocycles. The predicted octanol–water partition coefficient (Wildman–Crippen LogP) is 3.36. The lowest BCUT2D eigenvalue weighted by molar-refractivity contribution is 0.0681. The molecule has 0 bridgehead atoms. The summed E-state index contributed by atoms with van der Waals surface area (Å²) < 4.78 is 103. The van der Waals surface area contributed by atoms with Gasteiger partial charge in [-0.15, -0.1) is 0 Å². The maximum absolute atomic E-state index is 9.38. The second kappa shape index (κ2) is 6.43. The molecule has 0 heterocycles. The van der Waals surface area contributed by atoms with Crippen molar-refractivity contribution in [3.05, 3.63) is 47.7 Å². The lowest BCUT2D eigenvalue weighted by atomic mass is 9.91. The summed E-state index contributed by atoms with van der Waals surface area (Å²) in [6.07, 6.45) is -6.59. The van der Waals surface area contributed by atoms with Crippen LogP contribution in [0.2, 0.25) is 0 Å². The molecule has 3 nitrogen and oxygen atoms in total. The van der Waals surface area contributed by atoms with E-state index in [9.17, 15) is 5.11 Å². The van der Waals surface area contributed by atoms with E-state index in [0.717, 1.165) is 0 Å². The summed E-state index contributed by atoms with van der Waals surface area (Å²) in [6, 6.07) is 3.22. The maximum Gasteiger partial charge on any atom is 0.115 e. The number of allylic oxidation sites excluding steroid dienone is 2. The fourth-order valence-electron chi connectivity index (χ4n) is 1.48. The maximum atomic E-state index is 9.38. The van der Waals surface area contributed by atoms with E-state index in [1.54, 1.807) is 0 Å². The fraction of sp³-hybridized carbons (Fsp3) is 0.375. The van der Waals surface area contributed by atoms with E-state index in [2.05, 4.69) is 4.74 Å². The Bertz CT molecular complexity index is 887. The lowest BCUT2D eigenvalue weighted by Crippen LogP contribution is -2.20. The molecule has 0 fully saturated rings. The van der Waals surface area contributed by atoms with Crippen molar-refractivity contribution in [2.45, 2.75) is 18.9 Å². The molecule has 0 aliphatic heterocycles. The van der Waals surface area contributed by atoms with Crippen LogP contribution in [0.1, 0.15) is 34.8 Å². The van der Waals surface area contributed by atoms with Crippen molar-refractivity contribution in [3.8, 4) is 5.75 Å². The summed E-state index contributed by atoms with van der Waals surface area (Å²) in [5.74, 6) is -3.71. The van der Waals surface area contributed by atoms with Crippen LogP contribution in [0.25, 0.3) is 6.05 Å². The number of benzene rings is 1. The molecule has 19 heavy (non-hydrogen) atoms. The first-order chi connectivity index (χ1) is 13.8. The van der Waals surface area contributed by atoms with Gasteiger partial charge < -0.3 is 14.6 Å². The van der Waals surface area contributed by atoms with Crippen molar-refractivity contribution in [3.63, 3.8) is 0 Å². The van der Waals surface area contributed by atoms with Gasteiger partial charge in [-0.1, -0.05) is 24.2 Å². The van der Waals surface area contributed by atoms with Gasteiger partial charge in [-0.05, 0) is 30.1 Å². The van der Waals surface area contributed by atoms with Crippen molar-refractivity contribution in [2.24, 2.45) is 5.89 Å². The number of methoxy groups -OCH3 is 2. The van der Waals surface area contributed by atoms with Crippen molar-refractivity contribution in [2.75, 3.05) is 14.1 Å². The second-order valence-electron chi connectivity index (χ2n) is 3.75. The Morgan fingerprint density at radius 3 is 3.05 bits per heavy atom. The summed E-state index contributed by atoms with van der Waals surface area (Å²) in [6.45, 7) is 0. The molecule has 1 aliphatic carbocycles. The van der Waals surface area contributed by atoms with Crippen LogP contribution in [0.15, 0.2) is 42.2 Å². The molecule has 102 valence electrons. The van der Waals surface area contributed by atoms with Gasteiger partial charge in [0.1, 0.15) is 5.75 Å². The minimum absolute atomic E-state index is 0.0230. The zero-order valence-corrected chi connectivity index (χ0v) is 9.86. The number of hydrogen-bond acceptors (Lipinski definition) is 3. The summed E-state index contributed by atoms with van der Waals surface area (Å²) in [5.41, 5.74) is 0.0230. The van der Waals surface area contributed by atoms with E-state index in [-0.39, 0.29) is 11.3 Å². The normalized spacial score (nSPS) is 45.4. The number of rotatable bonds is 4. The molecule has 0 radical (unpaired) electrons. The Morgan fingerprint density at radius 2 is 2.32 bits per heavy atom. The third-order valence-electron chi connectivity index (χ3n) is 2.38. The highest BCUT2D eigenvalue weighted by molar-refractivity contribution is 5.51. The van der Waals surface area contributed by atoms with Crippen molar-refractivity contribution in [1.29, 1.82) is 0 Å².